The van der Waals surface area contributed by atoms with E-state index in [4.69, 9.17) is 10.4 Å². The highest BCUT2D eigenvalue weighted by Crippen LogP contribution is 2.22. The number of carbonyl (C=O) groups is 2. The van der Waals surface area contributed by atoms with E-state index in [0.29, 0.717) is 5.75 Å². The number of nitriles is 1. The number of hydrogen-bond acceptors (Lipinski definition) is 5. The van der Waals surface area contributed by atoms with Gasteiger partial charge >= 0.3 is 11.9 Å². The third-order valence-corrected chi connectivity index (χ3v) is 7.82. The molecule has 2 N–H and O–H groups in total. The van der Waals surface area contributed by atoms with Crippen molar-refractivity contribution in [2.45, 2.75) is 98.8 Å². The molecule has 0 heterocycles. The van der Waals surface area contributed by atoms with Gasteiger partial charge in [-0.05, 0) is 37.5 Å². The van der Waals surface area contributed by atoms with E-state index in [1.165, 1.54) is 80.6 Å². The van der Waals surface area contributed by atoms with Crippen molar-refractivity contribution in [3.05, 3.63) is 11.6 Å². The zero-order valence-corrected chi connectivity index (χ0v) is 24.9. The van der Waals surface area contributed by atoms with Gasteiger partial charge < -0.3 is 15.1 Å². The fourth-order valence-corrected chi connectivity index (χ4v) is 5.38. The van der Waals surface area contributed by atoms with Gasteiger partial charge in [-0.1, -0.05) is 84.3 Å². The Balaban J connectivity index is 4.28. The van der Waals surface area contributed by atoms with Gasteiger partial charge in [0.1, 0.15) is 12.4 Å². The topological polar surface area (TPSA) is 114 Å². The van der Waals surface area contributed by atoms with Gasteiger partial charge in [0.25, 0.3) is 0 Å². The van der Waals surface area contributed by atoms with Gasteiger partial charge in [-0.2, -0.15) is 22.0 Å². The van der Waals surface area contributed by atoms with Crippen molar-refractivity contribution in [2.75, 3.05) is 25.1 Å². The molecule has 0 amide bonds. The third kappa shape index (κ3) is 19.7. The van der Waals surface area contributed by atoms with Gasteiger partial charge in [-0.15, -0.1) is 0 Å². The van der Waals surface area contributed by atoms with Gasteiger partial charge in [0, 0.05) is 25.0 Å². The Labute approximate surface area is 229 Å². The van der Waals surface area contributed by atoms with E-state index in [9.17, 15) is 14.7 Å². The zero-order chi connectivity index (χ0) is 28.2. The molecule has 0 saturated heterocycles. The molecule has 0 aromatic rings. The summed E-state index contributed by atoms with van der Waals surface area (Å²) >= 11 is 1.53. The lowest BCUT2D eigenvalue weighted by Gasteiger charge is -2.21. The van der Waals surface area contributed by atoms with Crippen LogP contribution in [0.25, 0.3) is 0 Å². The van der Waals surface area contributed by atoms with E-state index in [-0.39, 0.29) is 18.8 Å². The quantitative estimate of drug-likeness (QED) is 0.0528. The molecule has 3 unspecified atom stereocenters. The van der Waals surface area contributed by atoms with E-state index >= 15 is 0 Å². The second kappa shape index (κ2) is 21.0. The molecule has 212 valence electrons. The normalized spacial score (nSPS) is 14.8. The molecule has 0 aliphatic heterocycles. The van der Waals surface area contributed by atoms with Crippen LogP contribution in [0.5, 0.6) is 0 Å². The molecular weight excluding hydrogens is 486 g/mol. The Morgan fingerprint density at radius 1 is 1.00 bits per heavy atom. The maximum absolute atomic E-state index is 11.7. The number of thioether (sulfide) groups is 1. The first kappa shape index (κ1) is 35.0. The van der Waals surface area contributed by atoms with Crippen LogP contribution in [0.4, 0.5) is 0 Å². The summed E-state index contributed by atoms with van der Waals surface area (Å²) in [6, 6.07) is 0. The van der Waals surface area contributed by atoms with Crippen LogP contribution in [0.1, 0.15) is 98.8 Å². The van der Waals surface area contributed by atoms with Crippen LogP contribution >= 0.6 is 11.8 Å². The van der Waals surface area contributed by atoms with Crippen LogP contribution in [-0.4, -0.2) is 58.0 Å². The monoisotopic (exact) mass is 537 g/mol. The Morgan fingerprint density at radius 3 is 2.08 bits per heavy atom. The summed E-state index contributed by atoms with van der Waals surface area (Å²) in [5.74, 6) is 0.920. The number of carboxylic acids is 2. The number of amidine groups is 1. The Bertz CT molecular complexity index is 761. The van der Waals surface area contributed by atoms with E-state index < -0.39 is 17.9 Å². The zero-order valence-electron chi connectivity index (χ0n) is 24.0. The number of carboxylic acid groups (broad SMARTS) is 2. The molecule has 0 aromatic heterocycles. The summed E-state index contributed by atoms with van der Waals surface area (Å²) in [6.07, 6.45) is 15.4. The molecule has 8 heteroatoms. The largest absolute Gasteiger partial charge is 0.481 e. The Hall–Kier alpha value is -2.01. The van der Waals surface area contributed by atoms with Crippen molar-refractivity contribution in [1.29, 1.82) is 5.26 Å². The average molecular weight is 538 g/mol. The van der Waals surface area contributed by atoms with Gasteiger partial charge in [0.05, 0.1) is 5.92 Å². The lowest BCUT2D eigenvalue weighted by molar-refractivity contribution is -0.140. The molecule has 0 spiro atoms. The highest BCUT2D eigenvalue weighted by atomic mass is 32.2. The molecule has 0 aliphatic carbocycles. The van der Waals surface area contributed by atoms with Crippen LogP contribution in [-0.2, 0) is 9.59 Å². The smallest absolute Gasteiger partial charge is 0.323 e. The van der Waals surface area contributed by atoms with Crippen molar-refractivity contribution in [3.8, 4) is 6.19 Å². The summed E-state index contributed by atoms with van der Waals surface area (Å²) in [7, 11) is 1.50. The fourth-order valence-electron chi connectivity index (χ4n) is 4.30. The van der Waals surface area contributed by atoms with E-state index in [0.717, 1.165) is 29.9 Å². The predicted molar refractivity (Wildman–Crippen MR) is 155 cm³/mol. The van der Waals surface area contributed by atoms with E-state index in [1.807, 2.05) is 0 Å². The van der Waals surface area contributed by atoms with Crippen LogP contribution in [0.15, 0.2) is 16.6 Å². The maximum atomic E-state index is 11.7. The van der Waals surface area contributed by atoms with E-state index in [1.54, 1.807) is 6.19 Å². The predicted octanol–water partition coefficient (Wildman–Crippen LogP) is 7.09. The van der Waals surface area contributed by atoms with Crippen molar-refractivity contribution in [3.63, 3.8) is 0 Å². The Kier molecular flexibility index (Phi) is 19.8. The number of rotatable bonds is 21. The molecular formula is C29H51N3O4S. The summed E-state index contributed by atoms with van der Waals surface area (Å²) in [4.78, 5) is 27.6. The summed E-state index contributed by atoms with van der Waals surface area (Å²) in [6.45, 7) is 11.2. The van der Waals surface area contributed by atoms with Crippen molar-refractivity contribution in [2.24, 2.45) is 28.7 Å². The van der Waals surface area contributed by atoms with Gasteiger partial charge in [0.2, 0.25) is 6.19 Å². The SMILES string of the molecule is C/C(=C\CSCC(CC(=NC#N)N(C)CC(=O)O)C(=O)O)CCCC(C)CCCC(C)CCCC(C)C. The highest BCUT2D eigenvalue weighted by Gasteiger charge is 2.23. The molecule has 0 bridgehead atoms. The van der Waals surface area contributed by atoms with E-state index in [2.05, 4.69) is 45.7 Å². The second-order valence-corrected chi connectivity index (χ2v) is 12.1. The minimum atomic E-state index is -1.06. The number of hydrogen-bond donors (Lipinski definition) is 2. The number of likely N-dealkylation sites (N-methyl/N-ethyl adjacent to an activating group) is 1. The van der Waals surface area contributed by atoms with Gasteiger partial charge in [-0.25, -0.2) is 0 Å². The maximum Gasteiger partial charge on any atom is 0.323 e. The third-order valence-electron chi connectivity index (χ3n) is 6.78. The first-order chi connectivity index (χ1) is 17.5. The fraction of sp³-hybridized carbons (Fsp3) is 0.793. The minimum absolute atomic E-state index is 0.0248. The standard InChI is InChI=1S/C29H51N3O4S/c1-22(2)10-7-11-23(3)12-8-13-24(4)14-9-15-25(5)16-17-37-20-26(29(35)36)18-27(31-21-30)32(6)19-28(33)34/h16,22-24,26H,7-15,17-20H2,1-6H3,(H,33,34)(H,35,36)/b25-16+,31-27?. The molecule has 0 rings (SSSR count). The summed E-state index contributed by atoms with van der Waals surface area (Å²) < 4.78 is 0. The number of allylic oxidation sites excluding steroid dienone is 1. The summed E-state index contributed by atoms with van der Waals surface area (Å²) in [5, 5.41) is 27.4. The molecule has 0 radical (unpaired) electrons. The lowest BCUT2D eigenvalue weighted by atomic mass is 9.91. The molecule has 7 nitrogen and oxygen atoms in total. The van der Waals surface area contributed by atoms with Crippen LogP contribution < -0.4 is 0 Å². The number of aliphatic imine (C=N–C) groups is 1. The lowest BCUT2D eigenvalue weighted by Crippen LogP contribution is -2.35. The van der Waals surface area contributed by atoms with Gasteiger partial charge in [0.15, 0.2) is 0 Å². The van der Waals surface area contributed by atoms with Crippen molar-refractivity contribution in [1.82, 2.24) is 4.90 Å². The number of aliphatic carboxylic acids is 2. The molecule has 0 fully saturated rings. The molecule has 0 aliphatic rings. The van der Waals surface area contributed by atoms with Crippen LogP contribution in [0, 0.1) is 35.1 Å². The number of nitrogens with zero attached hydrogens (tertiary/aromatic N) is 3. The highest BCUT2D eigenvalue weighted by molar-refractivity contribution is 7.99. The molecule has 0 aromatic carbocycles. The minimum Gasteiger partial charge on any atom is -0.481 e. The second-order valence-electron chi connectivity index (χ2n) is 11.1. The molecule has 3 atom stereocenters. The summed E-state index contributed by atoms with van der Waals surface area (Å²) in [5.41, 5.74) is 1.33. The molecule has 37 heavy (non-hydrogen) atoms. The Morgan fingerprint density at radius 2 is 1.57 bits per heavy atom. The first-order valence-electron chi connectivity index (χ1n) is 13.8. The average Bonchev–Trinajstić information content (AvgIpc) is 2.79. The molecule has 0 saturated carbocycles. The van der Waals surface area contributed by atoms with Crippen molar-refractivity contribution < 1.29 is 19.8 Å². The van der Waals surface area contributed by atoms with Crippen molar-refractivity contribution >= 4 is 29.5 Å². The first-order valence-corrected chi connectivity index (χ1v) is 15.0. The van der Waals surface area contributed by atoms with Gasteiger partial charge in [-0.3, -0.25) is 9.59 Å². The van der Waals surface area contributed by atoms with Crippen LogP contribution in [0.3, 0.4) is 0 Å². The van der Waals surface area contributed by atoms with Crippen LogP contribution in [0.2, 0.25) is 0 Å².